The van der Waals surface area contributed by atoms with Crippen LogP contribution >= 0.6 is 23.2 Å². The van der Waals surface area contributed by atoms with Gasteiger partial charge in [-0.3, -0.25) is 9.59 Å². The van der Waals surface area contributed by atoms with E-state index in [0.717, 1.165) is 5.56 Å². The molecule has 7 heteroatoms. The lowest BCUT2D eigenvalue weighted by Gasteiger charge is -2.33. The Bertz CT molecular complexity index is 866. The quantitative estimate of drug-likeness (QED) is 0.608. The van der Waals surface area contributed by atoms with Crippen LogP contribution < -0.4 is 10.1 Å². The van der Waals surface area contributed by atoms with Gasteiger partial charge in [-0.15, -0.1) is 0 Å². The van der Waals surface area contributed by atoms with E-state index in [1.165, 1.54) is 0 Å². The van der Waals surface area contributed by atoms with Crippen LogP contribution in [-0.4, -0.2) is 34.9 Å². The predicted octanol–water partition coefficient (Wildman–Crippen LogP) is 5.09. The number of rotatable bonds is 8. The molecule has 0 bridgehead atoms. The minimum Gasteiger partial charge on any atom is -0.482 e. The minimum atomic E-state index is -0.624. The van der Waals surface area contributed by atoms with Crippen molar-refractivity contribution in [1.82, 2.24) is 10.2 Å². The molecule has 2 aromatic carbocycles. The summed E-state index contributed by atoms with van der Waals surface area (Å²) >= 11 is 12.0. The normalized spacial score (nSPS) is 12.2. The Morgan fingerprint density at radius 2 is 1.77 bits per heavy atom. The van der Waals surface area contributed by atoms with Crippen LogP contribution in [0.1, 0.15) is 39.7 Å². The van der Waals surface area contributed by atoms with Crippen molar-refractivity contribution < 1.29 is 14.3 Å². The highest BCUT2D eigenvalue weighted by molar-refractivity contribution is 6.35. The fourth-order valence-electron chi connectivity index (χ4n) is 2.97. The summed E-state index contributed by atoms with van der Waals surface area (Å²) in [5.74, 6) is -0.138. The van der Waals surface area contributed by atoms with Gasteiger partial charge in [-0.05, 0) is 51.0 Å². The number of hydrogen-bond acceptors (Lipinski definition) is 3. The Kier molecular flexibility index (Phi) is 8.56. The smallest absolute Gasteiger partial charge is 0.261 e. The van der Waals surface area contributed by atoms with E-state index in [9.17, 15) is 9.59 Å². The first-order valence-corrected chi connectivity index (χ1v) is 10.6. The zero-order chi connectivity index (χ0) is 22.3. The molecule has 0 saturated carbocycles. The van der Waals surface area contributed by atoms with Gasteiger partial charge in [-0.25, -0.2) is 0 Å². The number of halogens is 2. The number of hydrogen-bond donors (Lipinski definition) is 1. The summed E-state index contributed by atoms with van der Waals surface area (Å²) < 4.78 is 5.63. The standard InChI is InChI=1S/C23H28Cl2N2O3/c1-5-19(22(29)26-23(2,3)4)27(14-16-9-7-6-8-10-16)21(28)15-30-20-12-11-17(24)13-18(20)25/h6-13,19H,5,14-15H2,1-4H3,(H,26,29)/t19-/m0/s1. The minimum absolute atomic E-state index is 0.196. The van der Waals surface area contributed by atoms with Gasteiger partial charge in [0.25, 0.3) is 5.91 Å². The van der Waals surface area contributed by atoms with E-state index >= 15 is 0 Å². The van der Waals surface area contributed by atoms with Crippen LogP contribution in [0.5, 0.6) is 5.75 Å². The lowest BCUT2D eigenvalue weighted by molar-refractivity contribution is -0.143. The van der Waals surface area contributed by atoms with Gasteiger partial charge in [-0.2, -0.15) is 0 Å². The molecule has 0 fully saturated rings. The Morgan fingerprint density at radius 1 is 1.10 bits per heavy atom. The summed E-state index contributed by atoms with van der Waals surface area (Å²) in [5.41, 5.74) is 0.525. The molecule has 0 unspecified atom stereocenters. The molecule has 0 spiro atoms. The third kappa shape index (κ3) is 7.22. The van der Waals surface area contributed by atoms with Gasteiger partial charge in [0.1, 0.15) is 11.8 Å². The van der Waals surface area contributed by atoms with Gasteiger partial charge in [-0.1, -0.05) is 60.5 Å². The van der Waals surface area contributed by atoms with Gasteiger partial charge in [0.15, 0.2) is 6.61 Å². The number of carbonyl (C=O) groups is 2. The van der Waals surface area contributed by atoms with Gasteiger partial charge in [0, 0.05) is 17.1 Å². The summed E-state index contributed by atoms with van der Waals surface area (Å²) in [4.78, 5) is 27.6. The topological polar surface area (TPSA) is 58.6 Å². The maximum Gasteiger partial charge on any atom is 0.261 e. The van der Waals surface area contributed by atoms with Crippen LogP contribution in [0, 0.1) is 0 Å². The van der Waals surface area contributed by atoms with E-state index in [4.69, 9.17) is 27.9 Å². The molecule has 2 amide bonds. The van der Waals surface area contributed by atoms with Crippen molar-refractivity contribution in [3.05, 3.63) is 64.1 Å². The number of benzene rings is 2. The average Bonchev–Trinajstić information content (AvgIpc) is 2.66. The molecule has 0 heterocycles. The van der Waals surface area contributed by atoms with Crippen LogP contribution in [-0.2, 0) is 16.1 Å². The molecule has 162 valence electrons. The molecular weight excluding hydrogens is 423 g/mol. The van der Waals surface area contributed by atoms with E-state index in [2.05, 4.69) is 5.32 Å². The van der Waals surface area contributed by atoms with Crippen molar-refractivity contribution in [2.24, 2.45) is 0 Å². The van der Waals surface area contributed by atoms with Crippen LogP contribution in [0.25, 0.3) is 0 Å². The summed E-state index contributed by atoms with van der Waals surface area (Å²) in [6.07, 6.45) is 0.474. The van der Waals surface area contributed by atoms with Crippen LogP contribution in [0.2, 0.25) is 10.0 Å². The molecule has 30 heavy (non-hydrogen) atoms. The summed E-state index contributed by atoms with van der Waals surface area (Å²) in [7, 11) is 0. The molecule has 0 radical (unpaired) electrons. The third-order valence-corrected chi connectivity index (χ3v) is 4.86. The molecule has 0 aliphatic carbocycles. The van der Waals surface area contributed by atoms with Gasteiger partial charge >= 0.3 is 0 Å². The number of nitrogens with zero attached hydrogens (tertiary/aromatic N) is 1. The Labute approximate surface area is 188 Å². The summed E-state index contributed by atoms with van der Waals surface area (Å²) in [6.45, 7) is 7.67. The van der Waals surface area contributed by atoms with E-state index in [1.54, 1.807) is 23.1 Å². The molecule has 0 aliphatic rings. The molecular formula is C23H28Cl2N2O3. The molecule has 0 saturated heterocycles. The molecule has 1 N–H and O–H groups in total. The van der Waals surface area contributed by atoms with Gasteiger partial charge < -0.3 is 15.0 Å². The Morgan fingerprint density at radius 3 is 2.33 bits per heavy atom. The van der Waals surface area contributed by atoms with Crippen molar-refractivity contribution in [1.29, 1.82) is 0 Å². The fourth-order valence-corrected chi connectivity index (χ4v) is 3.43. The molecule has 5 nitrogen and oxygen atoms in total. The molecule has 1 atom stereocenters. The Hall–Kier alpha value is -2.24. The van der Waals surface area contributed by atoms with Crippen molar-refractivity contribution in [3.8, 4) is 5.75 Å². The van der Waals surface area contributed by atoms with E-state index in [-0.39, 0.29) is 18.4 Å². The van der Waals surface area contributed by atoms with Gasteiger partial charge in [0.05, 0.1) is 5.02 Å². The first-order chi connectivity index (χ1) is 14.1. The fraction of sp³-hybridized carbons (Fsp3) is 0.391. The molecule has 0 aromatic heterocycles. The maximum absolute atomic E-state index is 13.1. The van der Waals surface area contributed by atoms with Crippen LogP contribution in [0.4, 0.5) is 0 Å². The monoisotopic (exact) mass is 450 g/mol. The molecule has 2 rings (SSSR count). The number of carbonyl (C=O) groups excluding carboxylic acids is 2. The maximum atomic E-state index is 13.1. The highest BCUT2D eigenvalue weighted by atomic mass is 35.5. The highest BCUT2D eigenvalue weighted by Gasteiger charge is 2.30. The highest BCUT2D eigenvalue weighted by Crippen LogP contribution is 2.27. The van der Waals surface area contributed by atoms with Crippen molar-refractivity contribution in [3.63, 3.8) is 0 Å². The second-order valence-electron chi connectivity index (χ2n) is 8.03. The van der Waals surface area contributed by atoms with E-state index in [1.807, 2.05) is 58.0 Å². The second kappa shape index (κ2) is 10.7. The summed E-state index contributed by atoms with van der Waals surface area (Å²) in [5, 5.41) is 3.77. The lowest BCUT2D eigenvalue weighted by Crippen LogP contribution is -2.54. The average molecular weight is 451 g/mol. The zero-order valence-corrected chi connectivity index (χ0v) is 19.3. The number of ether oxygens (including phenoxy) is 1. The SMILES string of the molecule is CC[C@@H](C(=O)NC(C)(C)C)N(Cc1ccccc1)C(=O)COc1ccc(Cl)cc1Cl. The van der Waals surface area contributed by atoms with E-state index in [0.29, 0.717) is 28.8 Å². The second-order valence-corrected chi connectivity index (χ2v) is 8.88. The van der Waals surface area contributed by atoms with Gasteiger partial charge in [0.2, 0.25) is 5.91 Å². The zero-order valence-electron chi connectivity index (χ0n) is 17.7. The van der Waals surface area contributed by atoms with Crippen molar-refractivity contribution >= 4 is 35.0 Å². The number of nitrogens with one attached hydrogen (secondary N) is 1. The Balaban J connectivity index is 2.22. The molecule has 2 aromatic rings. The van der Waals surface area contributed by atoms with E-state index < -0.39 is 11.6 Å². The largest absolute Gasteiger partial charge is 0.482 e. The van der Waals surface area contributed by atoms with Crippen LogP contribution in [0.3, 0.4) is 0 Å². The third-order valence-electron chi connectivity index (χ3n) is 4.32. The van der Waals surface area contributed by atoms with Crippen molar-refractivity contribution in [2.45, 2.75) is 52.2 Å². The first-order valence-electron chi connectivity index (χ1n) is 9.84. The predicted molar refractivity (Wildman–Crippen MR) is 121 cm³/mol. The lowest BCUT2D eigenvalue weighted by atomic mass is 10.1. The molecule has 0 aliphatic heterocycles. The number of amides is 2. The van der Waals surface area contributed by atoms with Crippen LogP contribution in [0.15, 0.2) is 48.5 Å². The first kappa shape index (κ1) is 24.0. The summed E-state index contributed by atoms with van der Waals surface area (Å²) in [6, 6.07) is 13.7. The van der Waals surface area contributed by atoms with Crippen molar-refractivity contribution in [2.75, 3.05) is 6.61 Å².